The highest BCUT2D eigenvalue weighted by atomic mass is 32.1. The molecule has 0 aliphatic heterocycles. The van der Waals surface area contributed by atoms with Crippen LogP contribution in [0, 0.1) is 5.41 Å². The van der Waals surface area contributed by atoms with Crippen molar-refractivity contribution in [3.05, 3.63) is 22.4 Å². The minimum Gasteiger partial charge on any atom is -0.314 e. The normalized spacial score (nSPS) is 24.5. The standard InChI is InChI=1S/C15H25NS/c1-15(2)8-3-4-14(5-9-15)16-10-6-13-7-11-17-12-13/h7,11-12,14,16H,3-6,8-10H2,1-2H3. The first kappa shape index (κ1) is 13.1. The molecule has 0 saturated heterocycles. The summed E-state index contributed by atoms with van der Waals surface area (Å²) in [6, 6.07) is 3.00. The van der Waals surface area contributed by atoms with Gasteiger partial charge in [-0.25, -0.2) is 0 Å². The fourth-order valence-electron chi connectivity index (χ4n) is 2.72. The Morgan fingerprint density at radius 3 is 3.00 bits per heavy atom. The van der Waals surface area contributed by atoms with Crippen LogP contribution in [0.25, 0.3) is 0 Å². The summed E-state index contributed by atoms with van der Waals surface area (Å²) in [5.74, 6) is 0. The number of thiophene rings is 1. The molecule has 1 heterocycles. The van der Waals surface area contributed by atoms with Crippen molar-refractivity contribution in [2.75, 3.05) is 6.54 Å². The Morgan fingerprint density at radius 2 is 2.24 bits per heavy atom. The molecule has 0 amide bonds. The van der Waals surface area contributed by atoms with Gasteiger partial charge in [0, 0.05) is 6.04 Å². The minimum absolute atomic E-state index is 0.573. The maximum absolute atomic E-state index is 3.74. The molecular weight excluding hydrogens is 226 g/mol. The van der Waals surface area contributed by atoms with Gasteiger partial charge >= 0.3 is 0 Å². The van der Waals surface area contributed by atoms with E-state index in [1.54, 1.807) is 11.3 Å². The van der Waals surface area contributed by atoms with Crippen LogP contribution >= 0.6 is 11.3 Å². The van der Waals surface area contributed by atoms with E-state index in [1.165, 1.54) is 44.1 Å². The van der Waals surface area contributed by atoms with Crippen LogP contribution in [0.3, 0.4) is 0 Å². The summed E-state index contributed by atoms with van der Waals surface area (Å²) in [6.45, 7) is 5.98. The zero-order valence-electron chi connectivity index (χ0n) is 11.2. The van der Waals surface area contributed by atoms with Gasteiger partial charge in [-0.15, -0.1) is 0 Å². The second-order valence-electron chi connectivity index (χ2n) is 6.13. The highest BCUT2D eigenvalue weighted by Gasteiger charge is 2.23. The molecule has 1 N–H and O–H groups in total. The molecule has 1 fully saturated rings. The van der Waals surface area contributed by atoms with E-state index in [4.69, 9.17) is 0 Å². The summed E-state index contributed by atoms with van der Waals surface area (Å²) in [4.78, 5) is 0. The minimum atomic E-state index is 0.573. The number of hydrogen-bond acceptors (Lipinski definition) is 2. The van der Waals surface area contributed by atoms with Crippen LogP contribution < -0.4 is 5.32 Å². The lowest BCUT2D eigenvalue weighted by Crippen LogP contribution is -2.30. The molecule has 1 unspecified atom stereocenters. The maximum atomic E-state index is 3.74. The Labute approximate surface area is 110 Å². The largest absolute Gasteiger partial charge is 0.314 e. The summed E-state index contributed by atoms with van der Waals surface area (Å²) in [6.07, 6.45) is 8.08. The van der Waals surface area contributed by atoms with E-state index >= 15 is 0 Å². The van der Waals surface area contributed by atoms with Gasteiger partial charge in [-0.05, 0) is 66.5 Å². The van der Waals surface area contributed by atoms with E-state index in [0.717, 1.165) is 12.6 Å². The van der Waals surface area contributed by atoms with Crippen molar-refractivity contribution in [2.24, 2.45) is 5.41 Å². The highest BCUT2D eigenvalue weighted by molar-refractivity contribution is 7.07. The Hall–Kier alpha value is -0.340. The molecule has 1 saturated carbocycles. The van der Waals surface area contributed by atoms with Crippen LogP contribution in [0.1, 0.15) is 51.5 Å². The third-order valence-corrected chi connectivity index (χ3v) is 4.73. The fraction of sp³-hybridized carbons (Fsp3) is 0.733. The summed E-state index contributed by atoms with van der Waals surface area (Å²) >= 11 is 1.80. The molecule has 0 aromatic carbocycles. The third kappa shape index (κ3) is 4.44. The Morgan fingerprint density at radius 1 is 1.35 bits per heavy atom. The molecule has 1 aliphatic carbocycles. The van der Waals surface area contributed by atoms with Crippen LogP contribution in [-0.2, 0) is 6.42 Å². The van der Waals surface area contributed by atoms with Gasteiger partial charge in [0.25, 0.3) is 0 Å². The SMILES string of the molecule is CC1(C)CCCC(NCCc2ccsc2)CC1. The lowest BCUT2D eigenvalue weighted by Gasteiger charge is -2.22. The van der Waals surface area contributed by atoms with Gasteiger partial charge < -0.3 is 5.32 Å². The fourth-order valence-corrected chi connectivity index (χ4v) is 3.42. The predicted molar refractivity (Wildman–Crippen MR) is 76.7 cm³/mol. The van der Waals surface area contributed by atoms with Crippen LogP contribution in [0.4, 0.5) is 0 Å². The van der Waals surface area contributed by atoms with Gasteiger partial charge in [-0.1, -0.05) is 20.3 Å². The molecular formula is C15H25NS. The molecule has 17 heavy (non-hydrogen) atoms. The first-order chi connectivity index (χ1) is 8.16. The smallest absolute Gasteiger partial charge is 0.00673 e. The van der Waals surface area contributed by atoms with Crippen molar-refractivity contribution in [2.45, 2.75) is 58.4 Å². The van der Waals surface area contributed by atoms with E-state index in [0.29, 0.717) is 5.41 Å². The lowest BCUT2D eigenvalue weighted by atomic mass is 9.85. The second kappa shape index (κ2) is 6.01. The zero-order chi connectivity index (χ0) is 12.1. The van der Waals surface area contributed by atoms with Crippen molar-refractivity contribution >= 4 is 11.3 Å². The van der Waals surface area contributed by atoms with E-state index in [9.17, 15) is 0 Å². The number of nitrogens with one attached hydrogen (secondary N) is 1. The van der Waals surface area contributed by atoms with Gasteiger partial charge in [0.2, 0.25) is 0 Å². The average molecular weight is 251 g/mol. The highest BCUT2D eigenvalue weighted by Crippen LogP contribution is 2.33. The van der Waals surface area contributed by atoms with Gasteiger partial charge in [-0.3, -0.25) is 0 Å². The van der Waals surface area contributed by atoms with Gasteiger partial charge in [0.05, 0.1) is 0 Å². The number of hydrogen-bond donors (Lipinski definition) is 1. The summed E-state index contributed by atoms with van der Waals surface area (Å²) in [5, 5.41) is 8.17. The van der Waals surface area contributed by atoms with E-state index < -0.39 is 0 Å². The molecule has 96 valence electrons. The molecule has 1 aliphatic rings. The molecule has 0 spiro atoms. The zero-order valence-corrected chi connectivity index (χ0v) is 12.0. The van der Waals surface area contributed by atoms with Crippen LogP contribution in [-0.4, -0.2) is 12.6 Å². The van der Waals surface area contributed by atoms with Gasteiger partial charge in [0.15, 0.2) is 0 Å². The topological polar surface area (TPSA) is 12.0 Å². The average Bonchev–Trinajstić information content (AvgIpc) is 2.72. The molecule has 2 heteroatoms. The predicted octanol–water partition coefficient (Wildman–Crippen LogP) is 4.24. The molecule has 1 aromatic heterocycles. The van der Waals surface area contributed by atoms with Crippen molar-refractivity contribution in [3.63, 3.8) is 0 Å². The van der Waals surface area contributed by atoms with Crippen LogP contribution in [0.2, 0.25) is 0 Å². The maximum Gasteiger partial charge on any atom is 0.00673 e. The van der Waals surface area contributed by atoms with E-state index in [1.807, 2.05) is 0 Å². The van der Waals surface area contributed by atoms with Gasteiger partial charge in [0.1, 0.15) is 0 Å². The Kier molecular flexibility index (Phi) is 4.63. The Balaban J connectivity index is 1.69. The molecule has 0 radical (unpaired) electrons. The molecule has 2 rings (SSSR count). The van der Waals surface area contributed by atoms with Crippen molar-refractivity contribution in [1.29, 1.82) is 0 Å². The van der Waals surface area contributed by atoms with E-state index in [-0.39, 0.29) is 0 Å². The van der Waals surface area contributed by atoms with Gasteiger partial charge in [-0.2, -0.15) is 11.3 Å². The first-order valence-corrected chi connectivity index (χ1v) is 7.84. The van der Waals surface area contributed by atoms with Crippen LogP contribution in [0.15, 0.2) is 16.8 Å². The molecule has 1 atom stereocenters. The third-order valence-electron chi connectivity index (χ3n) is 4.00. The summed E-state index contributed by atoms with van der Waals surface area (Å²) in [5.41, 5.74) is 2.06. The quantitative estimate of drug-likeness (QED) is 0.789. The monoisotopic (exact) mass is 251 g/mol. The molecule has 0 bridgehead atoms. The van der Waals surface area contributed by atoms with Crippen molar-refractivity contribution in [1.82, 2.24) is 5.32 Å². The second-order valence-corrected chi connectivity index (χ2v) is 6.91. The van der Waals surface area contributed by atoms with Crippen LogP contribution in [0.5, 0.6) is 0 Å². The first-order valence-electron chi connectivity index (χ1n) is 6.90. The van der Waals surface area contributed by atoms with Crippen molar-refractivity contribution < 1.29 is 0 Å². The Bertz CT molecular complexity index is 316. The molecule has 1 aromatic rings. The van der Waals surface area contributed by atoms with E-state index in [2.05, 4.69) is 36.0 Å². The van der Waals surface area contributed by atoms with Crippen molar-refractivity contribution in [3.8, 4) is 0 Å². The number of rotatable bonds is 4. The molecule has 1 nitrogen and oxygen atoms in total. The summed E-state index contributed by atoms with van der Waals surface area (Å²) < 4.78 is 0. The summed E-state index contributed by atoms with van der Waals surface area (Å²) in [7, 11) is 0. The lowest BCUT2D eigenvalue weighted by molar-refractivity contribution is 0.310.